The number of H-pyrrole nitrogens is 1. The zero-order valence-corrected chi connectivity index (χ0v) is 14.0. The van der Waals surface area contributed by atoms with E-state index in [2.05, 4.69) is 29.9 Å². The fourth-order valence-electron chi connectivity index (χ4n) is 3.69. The summed E-state index contributed by atoms with van der Waals surface area (Å²) in [7, 11) is 0. The number of fused-ring (bicyclic) bond motifs is 1. The molecule has 3 heterocycles. The lowest BCUT2D eigenvalue weighted by Gasteiger charge is -2.25. The van der Waals surface area contributed by atoms with E-state index in [4.69, 9.17) is 0 Å². The minimum Gasteiger partial charge on any atom is -0.358 e. The second-order valence-electron chi connectivity index (χ2n) is 6.58. The van der Waals surface area contributed by atoms with Crippen LogP contribution in [0.5, 0.6) is 0 Å². The standard InChI is InChI=1S/C20H21N3O/c1-13-14(2)22-18-8-7-15(11-17(13)18)20(24)23-10-4-6-19(23)16-5-3-9-21-12-16/h3,5,7-9,11-12,19,22H,4,6,10H2,1-2H3/t19-/m1/s1. The predicted octanol–water partition coefficient (Wildman–Crippen LogP) is 4.16. The Hall–Kier alpha value is -2.62. The average molecular weight is 319 g/mol. The summed E-state index contributed by atoms with van der Waals surface area (Å²) in [5.41, 5.74) is 5.35. The number of hydrogen-bond acceptors (Lipinski definition) is 2. The molecule has 3 aromatic rings. The first-order valence-corrected chi connectivity index (χ1v) is 8.45. The van der Waals surface area contributed by atoms with Crippen LogP contribution in [0.2, 0.25) is 0 Å². The van der Waals surface area contributed by atoms with Crippen molar-refractivity contribution in [1.82, 2.24) is 14.9 Å². The Bertz CT molecular complexity index is 898. The van der Waals surface area contributed by atoms with Gasteiger partial charge in [-0.05, 0) is 62.1 Å². The van der Waals surface area contributed by atoms with E-state index in [-0.39, 0.29) is 11.9 Å². The van der Waals surface area contributed by atoms with E-state index in [9.17, 15) is 4.79 Å². The van der Waals surface area contributed by atoms with Crippen LogP contribution in [-0.4, -0.2) is 27.3 Å². The van der Waals surface area contributed by atoms with Crippen LogP contribution in [0.1, 0.15) is 46.1 Å². The number of aromatic nitrogens is 2. The van der Waals surface area contributed by atoms with Crippen molar-refractivity contribution in [2.45, 2.75) is 32.7 Å². The summed E-state index contributed by atoms with van der Waals surface area (Å²) in [6.07, 6.45) is 5.69. The second kappa shape index (κ2) is 5.78. The summed E-state index contributed by atoms with van der Waals surface area (Å²) in [5.74, 6) is 0.113. The molecule has 0 radical (unpaired) electrons. The van der Waals surface area contributed by atoms with Crippen LogP contribution in [0, 0.1) is 13.8 Å². The van der Waals surface area contributed by atoms with Crippen molar-refractivity contribution in [2.24, 2.45) is 0 Å². The molecule has 0 aliphatic carbocycles. The van der Waals surface area contributed by atoms with Gasteiger partial charge in [0, 0.05) is 41.1 Å². The van der Waals surface area contributed by atoms with Gasteiger partial charge < -0.3 is 9.88 Å². The molecule has 0 unspecified atom stereocenters. The Kier molecular flexibility index (Phi) is 3.60. The normalized spacial score (nSPS) is 17.6. The maximum Gasteiger partial charge on any atom is 0.254 e. The molecule has 4 heteroatoms. The predicted molar refractivity (Wildman–Crippen MR) is 95.0 cm³/mol. The van der Waals surface area contributed by atoms with Gasteiger partial charge in [-0.15, -0.1) is 0 Å². The zero-order valence-electron chi connectivity index (χ0n) is 14.0. The highest BCUT2D eigenvalue weighted by molar-refractivity contribution is 5.99. The van der Waals surface area contributed by atoms with Crippen LogP contribution in [0.3, 0.4) is 0 Å². The Morgan fingerprint density at radius 1 is 1.29 bits per heavy atom. The molecular weight excluding hydrogens is 298 g/mol. The van der Waals surface area contributed by atoms with Gasteiger partial charge in [-0.2, -0.15) is 0 Å². The highest BCUT2D eigenvalue weighted by Gasteiger charge is 2.30. The lowest BCUT2D eigenvalue weighted by Crippen LogP contribution is -2.30. The summed E-state index contributed by atoms with van der Waals surface area (Å²) < 4.78 is 0. The van der Waals surface area contributed by atoms with Gasteiger partial charge in [0.25, 0.3) is 5.91 Å². The number of amides is 1. The average Bonchev–Trinajstić information content (AvgIpc) is 3.21. The lowest BCUT2D eigenvalue weighted by molar-refractivity contribution is 0.0735. The number of nitrogens with zero attached hydrogens (tertiary/aromatic N) is 2. The SMILES string of the molecule is Cc1[nH]c2ccc(C(=O)N3CCC[C@@H]3c3cccnc3)cc2c1C. The largest absolute Gasteiger partial charge is 0.358 e. The number of benzene rings is 1. The maximum atomic E-state index is 13.1. The van der Waals surface area contributed by atoms with Crippen molar-refractivity contribution < 1.29 is 4.79 Å². The molecule has 4 nitrogen and oxygen atoms in total. The monoisotopic (exact) mass is 319 g/mol. The fourth-order valence-corrected chi connectivity index (χ4v) is 3.69. The van der Waals surface area contributed by atoms with Crippen molar-refractivity contribution >= 4 is 16.8 Å². The van der Waals surface area contributed by atoms with Gasteiger partial charge >= 0.3 is 0 Å². The quantitative estimate of drug-likeness (QED) is 0.771. The first kappa shape index (κ1) is 14.9. The molecule has 1 atom stereocenters. The van der Waals surface area contributed by atoms with Crippen molar-refractivity contribution in [1.29, 1.82) is 0 Å². The summed E-state index contributed by atoms with van der Waals surface area (Å²) in [5, 5.41) is 1.13. The van der Waals surface area contributed by atoms with Crippen molar-refractivity contribution in [3.05, 3.63) is 65.1 Å². The Morgan fingerprint density at radius 3 is 2.96 bits per heavy atom. The fraction of sp³-hybridized carbons (Fsp3) is 0.300. The number of aromatic amines is 1. The number of likely N-dealkylation sites (tertiary alicyclic amines) is 1. The maximum absolute atomic E-state index is 13.1. The molecular formula is C20H21N3O. The number of carbonyl (C=O) groups is 1. The third-order valence-electron chi connectivity index (χ3n) is 5.14. The van der Waals surface area contributed by atoms with Gasteiger partial charge in [-0.25, -0.2) is 0 Å². The molecule has 1 amide bonds. The van der Waals surface area contributed by atoms with E-state index in [0.29, 0.717) is 0 Å². The lowest BCUT2D eigenvalue weighted by atomic mass is 10.0. The highest BCUT2D eigenvalue weighted by atomic mass is 16.2. The molecule has 2 aromatic heterocycles. The van der Waals surface area contributed by atoms with Crippen molar-refractivity contribution in [2.75, 3.05) is 6.54 Å². The summed E-state index contributed by atoms with van der Waals surface area (Å²) in [6, 6.07) is 10.1. The summed E-state index contributed by atoms with van der Waals surface area (Å²) in [6.45, 7) is 4.97. The Morgan fingerprint density at radius 2 is 2.17 bits per heavy atom. The van der Waals surface area contributed by atoms with Crippen LogP contribution in [0.15, 0.2) is 42.7 Å². The Labute approximate surface area is 141 Å². The first-order chi connectivity index (χ1) is 11.6. The van der Waals surface area contributed by atoms with Gasteiger partial charge in [-0.1, -0.05) is 6.07 Å². The minimum atomic E-state index is 0.113. The number of carbonyl (C=O) groups excluding carboxylic acids is 1. The van der Waals surface area contributed by atoms with E-state index in [1.165, 1.54) is 5.56 Å². The molecule has 1 aliphatic heterocycles. The van der Waals surface area contributed by atoms with Crippen LogP contribution in [-0.2, 0) is 0 Å². The van der Waals surface area contributed by atoms with Crippen LogP contribution in [0.25, 0.3) is 10.9 Å². The molecule has 0 bridgehead atoms. The smallest absolute Gasteiger partial charge is 0.254 e. The molecule has 0 saturated carbocycles. The molecule has 1 N–H and O–H groups in total. The molecule has 1 aromatic carbocycles. The topological polar surface area (TPSA) is 49.0 Å². The van der Waals surface area contributed by atoms with Gasteiger partial charge in [0.2, 0.25) is 0 Å². The van der Waals surface area contributed by atoms with E-state index in [1.54, 1.807) is 6.20 Å². The number of aryl methyl sites for hydroxylation is 2. The molecule has 24 heavy (non-hydrogen) atoms. The third-order valence-corrected chi connectivity index (χ3v) is 5.14. The van der Waals surface area contributed by atoms with Crippen molar-refractivity contribution in [3.8, 4) is 0 Å². The molecule has 1 aliphatic rings. The summed E-state index contributed by atoms with van der Waals surface area (Å²) in [4.78, 5) is 22.7. The third kappa shape index (κ3) is 2.39. The number of pyridine rings is 1. The van der Waals surface area contributed by atoms with E-state index in [0.717, 1.165) is 47.1 Å². The van der Waals surface area contributed by atoms with Crippen LogP contribution < -0.4 is 0 Å². The second-order valence-corrected chi connectivity index (χ2v) is 6.58. The van der Waals surface area contributed by atoms with Gasteiger partial charge in [0.15, 0.2) is 0 Å². The number of hydrogen-bond donors (Lipinski definition) is 1. The number of nitrogens with one attached hydrogen (secondary N) is 1. The summed E-state index contributed by atoms with van der Waals surface area (Å²) >= 11 is 0. The molecule has 1 fully saturated rings. The molecule has 122 valence electrons. The Balaban J connectivity index is 1.69. The first-order valence-electron chi connectivity index (χ1n) is 8.45. The van der Waals surface area contributed by atoms with E-state index >= 15 is 0 Å². The van der Waals surface area contributed by atoms with E-state index in [1.807, 2.05) is 35.4 Å². The zero-order chi connectivity index (χ0) is 16.7. The van der Waals surface area contributed by atoms with Crippen molar-refractivity contribution in [3.63, 3.8) is 0 Å². The molecule has 0 spiro atoms. The minimum absolute atomic E-state index is 0.113. The van der Waals surface area contributed by atoms with Gasteiger partial charge in [0.05, 0.1) is 6.04 Å². The number of rotatable bonds is 2. The molecule has 1 saturated heterocycles. The van der Waals surface area contributed by atoms with Crippen LogP contribution in [0.4, 0.5) is 0 Å². The van der Waals surface area contributed by atoms with Gasteiger partial charge in [0.1, 0.15) is 0 Å². The highest BCUT2D eigenvalue weighted by Crippen LogP contribution is 2.33. The van der Waals surface area contributed by atoms with Crippen LogP contribution >= 0.6 is 0 Å². The molecule has 4 rings (SSSR count). The van der Waals surface area contributed by atoms with Gasteiger partial charge in [-0.3, -0.25) is 9.78 Å². The van der Waals surface area contributed by atoms with E-state index < -0.39 is 0 Å².